The van der Waals surface area contributed by atoms with Crippen molar-refractivity contribution in [2.24, 2.45) is 0 Å². The number of hydrogen-bond donors (Lipinski definition) is 1. The van der Waals surface area contributed by atoms with Crippen molar-refractivity contribution in [3.63, 3.8) is 0 Å². The maximum Gasteiger partial charge on any atom is 0.139 e. The summed E-state index contributed by atoms with van der Waals surface area (Å²) < 4.78 is 5.27. The highest BCUT2D eigenvalue weighted by Gasteiger charge is 2.19. The van der Waals surface area contributed by atoms with Gasteiger partial charge in [0.05, 0.1) is 12.2 Å². The molecule has 0 saturated carbocycles. The SMILES string of the molecule is OC(CBr)C(Br)OC(CCl)CCl. The molecular weight excluding hydrogens is 335 g/mol. The van der Waals surface area contributed by atoms with Gasteiger partial charge in [0.1, 0.15) is 5.01 Å². The van der Waals surface area contributed by atoms with Crippen molar-refractivity contribution in [3.05, 3.63) is 0 Å². The Bertz CT molecular complexity index is 114. The van der Waals surface area contributed by atoms with Crippen molar-refractivity contribution >= 4 is 55.1 Å². The van der Waals surface area contributed by atoms with E-state index in [0.29, 0.717) is 17.1 Å². The molecule has 0 heterocycles. The molecule has 0 aromatic rings. The van der Waals surface area contributed by atoms with Gasteiger partial charge < -0.3 is 9.84 Å². The van der Waals surface area contributed by atoms with Gasteiger partial charge in [-0.15, -0.1) is 23.2 Å². The highest BCUT2D eigenvalue weighted by molar-refractivity contribution is 9.10. The van der Waals surface area contributed by atoms with Crippen LogP contribution in [0.2, 0.25) is 0 Å². The summed E-state index contributed by atoms with van der Waals surface area (Å²) in [7, 11) is 0. The van der Waals surface area contributed by atoms with Crippen LogP contribution < -0.4 is 0 Å². The first-order valence-electron chi connectivity index (χ1n) is 3.31. The van der Waals surface area contributed by atoms with Crippen LogP contribution in [0.25, 0.3) is 0 Å². The Hall–Kier alpha value is 1.46. The van der Waals surface area contributed by atoms with Crippen LogP contribution in [-0.2, 0) is 4.74 Å². The van der Waals surface area contributed by atoms with Crippen molar-refractivity contribution in [1.29, 1.82) is 0 Å². The Balaban J connectivity index is 3.72. The van der Waals surface area contributed by atoms with E-state index in [0.717, 1.165) is 0 Å². The molecule has 0 radical (unpaired) electrons. The van der Waals surface area contributed by atoms with Crippen molar-refractivity contribution in [2.45, 2.75) is 17.2 Å². The minimum absolute atomic E-state index is 0.230. The van der Waals surface area contributed by atoms with Crippen LogP contribution in [-0.4, -0.2) is 39.4 Å². The molecule has 74 valence electrons. The molecule has 0 spiro atoms. The summed E-state index contributed by atoms with van der Waals surface area (Å²) in [6.07, 6.45) is -0.828. The summed E-state index contributed by atoms with van der Waals surface area (Å²) in [4.78, 5) is 0. The molecule has 0 aromatic heterocycles. The van der Waals surface area contributed by atoms with Crippen LogP contribution in [0.1, 0.15) is 0 Å². The third-order valence-corrected chi connectivity index (χ3v) is 3.31. The maximum atomic E-state index is 9.26. The molecule has 2 nitrogen and oxygen atoms in total. The zero-order valence-corrected chi connectivity index (χ0v) is 10.9. The second-order valence-corrected chi connectivity index (χ2v) is 4.31. The zero-order chi connectivity index (χ0) is 9.56. The Morgan fingerprint density at radius 3 is 2.17 bits per heavy atom. The van der Waals surface area contributed by atoms with Crippen molar-refractivity contribution in [2.75, 3.05) is 17.1 Å². The van der Waals surface area contributed by atoms with Gasteiger partial charge in [0.2, 0.25) is 0 Å². The second-order valence-electron chi connectivity index (χ2n) is 2.14. The molecule has 0 bridgehead atoms. The fourth-order valence-electron chi connectivity index (χ4n) is 0.459. The van der Waals surface area contributed by atoms with E-state index >= 15 is 0 Å². The molecule has 6 heteroatoms. The predicted molar refractivity (Wildman–Crippen MR) is 58.8 cm³/mol. The zero-order valence-electron chi connectivity index (χ0n) is 6.22. The lowest BCUT2D eigenvalue weighted by atomic mass is 10.4. The van der Waals surface area contributed by atoms with Crippen molar-refractivity contribution < 1.29 is 9.84 Å². The van der Waals surface area contributed by atoms with E-state index in [9.17, 15) is 5.11 Å². The quantitative estimate of drug-likeness (QED) is 0.749. The van der Waals surface area contributed by atoms with Gasteiger partial charge in [-0.2, -0.15) is 0 Å². The topological polar surface area (TPSA) is 29.5 Å². The molecule has 2 atom stereocenters. The lowest BCUT2D eigenvalue weighted by Gasteiger charge is -2.20. The Kier molecular flexibility index (Phi) is 8.78. The van der Waals surface area contributed by atoms with E-state index < -0.39 is 11.1 Å². The molecule has 0 aromatic carbocycles. The first-order valence-corrected chi connectivity index (χ1v) is 6.41. The molecule has 1 N–H and O–H groups in total. The van der Waals surface area contributed by atoms with Gasteiger partial charge in [-0.05, 0) is 0 Å². The summed E-state index contributed by atoms with van der Waals surface area (Å²) >= 11 is 17.4. The van der Waals surface area contributed by atoms with Gasteiger partial charge in [0.15, 0.2) is 0 Å². The van der Waals surface area contributed by atoms with Crippen LogP contribution in [0.4, 0.5) is 0 Å². The third kappa shape index (κ3) is 5.25. The third-order valence-electron chi connectivity index (χ3n) is 1.13. The fraction of sp³-hybridized carbons (Fsp3) is 1.00. The number of aliphatic hydroxyl groups is 1. The Labute approximate surface area is 98.8 Å². The lowest BCUT2D eigenvalue weighted by molar-refractivity contribution is 0.000465. The average Bonchev–Trinajstić information content (AvgIpc) is 2.12. The van der Waals surface area contributed by atoms with Crippen LogP contribution in [0.3, 0.4) is 0 Å². The van der Waals surface area contributed by atoms with E-state index in [2.05, 4.69) is 31.9 Å². The summed E-state index contributed by atoms with van der Waals surface area (Å²) in [6, 6.07) is 0. The minimum atomic E-state index is -0.598. The van der Waals surface area contributed by atoms with E-state index in [4.69, 9.17) is 27.9 Å². The lowest BCUT2D eigenvalue weighted by Crippen LogP contribution is -2.31. The number of hydrogen-bond acceptors (Lipinski definition) is 2. The first kappa shape index (κ1) is 13.5. The summed E-state index contributed by atoms with van der Waals surface area (Å²) in [6.45, 7) is 0. The molecule has 0 saturated heterocycles. The number of ether oxygens (including phenoxy) is 1. The van der Waals surface area contributed by atoms with Gasteiger partial charge in [-0.1, -0.05) is 31.9 Å². The molecule has 0 aliphatic carbocycles. The van der Waals surface area contributed by atoms with Crippen molar-refractivity contribution in [1.82, 2.24) is 0 Å². The van der Waals surface area contributed by atoms with Gasteiger partial charge in [-0.3, -0.25) is 0 Å². The van der Waals surface area contributed by atoms with E-state index in [-0.39, 0.29) is 6.10 Å². The Morgan fingerprint density at radius 1 is 1.33 bits per heavy atom. The average molecular weight is 345 g/mol. The highest BCUT2D eigenvalue weighted by Crippen LogP contribution is 2.14. The number of rotatable bonds is 6. The van der Waals surface area contributed by atoms with Crippen molar-refractivity contribution in [3.8, 4) is 0 Å². The first-order chi connectivity index (χ1) is 5.65. The van der Waals surface area contributed by atoms with Gasteiger partial charge in [0.25, 0.3) is 0 Å². The van der Waals surface area contributed by atoms with Gasteiger partial charge in [-0.25, -0.2) is 0 Å². The second kappa shape index (κ2) is 7.83. The normalized spacial score (nSPS) is 16.5. The molecule has 0 rings (SSSR count). The van der Waals surface area contributed by atoms with E-state index in [1.54, 1.807) is 0 Å². The van der Waals surface area contributed by atoms with Crippen LogP contribution in [0.15, 0.2) is 0 Å². The van der Waals surface area contributed by atoms with Gasteiger partial charge >= 0.3 is 0 Å². The molecule has 0 aliphatic rings. The Morgan fingerprint density at radius 2 is 1.83 bits per heavy atom. The van der Waals surface area contributed by atoms with Crippen LogP contribution in [0.5, 0.6) is 0 Å². The standard InChI is InChI=1S/C6H10Br2Cl2O2/c7-1-5(11)6(8)12-4(2-9)3-10/h4-6,11H,1-3H2. The van der Waals surface area contributed by atoms with E-state index in [1.807, 2.05) is 0 Å². The predicted octanol–water partition coefficient (Wildman–Crippen LogP) is 2.33. The maximum absolute atomic E-state index is 9.26. The largest absolute Gasteiger partial charge is 0.389 e. The fourth-order valence-corrected chi connectivity index (χ4v) is 2.27. The number of halogens is 4. The highest BCUT2D eigenvalue weighted by atomic mass is 79.9. The molecule has 12 heavy (non-hydrogen) atoms. The molecule has 2 unspecified atom stereocenters. The molecule has 0 fully saturated rings. The van der Waals surface area contributed by atoms with Crippen LogP contribution >= 0.6 is 55.1 Å². The van der Waals surface area contributed by atoms with E-state index in [1.165, 1.54) is 0 Å². The number of aliphatic hydroxyl groups excluding tert-OH is 1. The smallest absolute Gasteiger partial charge is 0.139 e. The summed E-state index contributed by atoms with van der Waals surface area (Å²) in [5.74, 6) is 0.640. The van der Waals surface area contributed by atoms with Gasteiger partial charge in [0, 0.05) is 17.1 Å². The molecule has 0 amide bonds. The minimum Gasteiger partial charge on any atom is -0.389 e. The summed E-state index contributed by atoms with van der Waals surface area (Å²) in [5, 5.41) is 9.27. The summed E-state index contributed by atoms with van der Waals surface area (Å²) in [5.41, 5.74) is 0. The molecular formula is C6H10Br2Cl2O2. The molecule has 0 aliphatic heterocycles. The number of alkyl halides is 4. The van der Waals surface area contributed by atoms with Crippen LogP contribution in [0, 0.1) is 0 Å². The monoisotopic (exact) mass is 342 g/mol.